The Morgan fingerprint density at radius 3 is 2.66 bits per heavy atom. The monoisotopic (exact) mass is 397 g/mol. The van der Waals surface area contributed by atoms with Crippen LogP contribution in [0.15, 0.2) is 36.4 Å². The van der Waals surface area contributed by atoms with Gasteiger partial charge in [0.05, 0.1) is 17.9 Å². The molecule has 1 saturated heterocycles. The maximum Gasteiger partial charge on any atom is 0.249 e. The molecule has 1 heterocycles. The molecular formula is C21H20FN3O4. The van der Waals surface area contributed by atoms with Crippen LogP contribution in [-0.2, 0) is 21.4 Å². The number of nitrogens with zero attached hydrogens (tertiary/aromatic N) is 1. The van der Waals surface area contributed by atoms with E-state index in [0.29, 0.717) is 31.6 Å². The zero-order valence-corrected chi connectivity index (χ0v) is 15.6. The van der Waals surface area contributed by atoms with E-state index in [0.717, 1.165) is 12.1 Å². The maximum atomic E-state index is 13.4. The van der Waals surface area contributed by atoms with Crippen LogP contribution in [0.5, 0.6) is 5.75 Å². The number of primary amides is 1. The third-order valence-electron chi connectivity index (χ3n) is 5.04. The van der Waals surface area contributed by atoms with Gasteiger partial charge in [0.25, 0.3) is 0 Å². The van der Waals surface area contributed by atoms with Crippen LogP contribution in [0, 0.1) is 17.1 Å². The van der Waals surface area contributed by atoms with Crippen molar-refractivity contribution in [2.75, 3.05) is 18.5 Å². The third kappa shape index (κ3) is 4.20. The van der Waals surface area contributed by atoms with Gasteiger partial charge in [-0.3, -0.25) is 9.59 Å². The molecule has 8 heteroatoms. The first-order valence-corrected chi connectivity index (χ1v) is 9.06. The highest BCUT2D eigenvalue weighted by molar-refractivity contribution is 6.00. The van der Waals surface area contributed by atoms with E-state index in [2.05, 4.69) is 11.4 Å². The SMILES string of the molecule is N#CC1(c2c(NC(=O)Cc3cc(F)ccc3O)cccc2C(N)=O)CCOCC1. The van der Waals surface area contributed by atoms with Crippen LogP contribution in [0.4, 0.5) is 10.1 Å². The molecule has 1 aliphatic rings. The zero-order chi connectivity index (χ0) is 21.0. The van der Waals surface area contributed by atoms with Gasteiger partial charge in [-0.25, -0.2) is 4.39 Å². The van der Waals surface area contributed by atoms with Crippen LogP contribution in [0.3, 0.4) is 0 Å². The summed E-state index contributed by atoms with van der Waals surface area (Å²) in [5, 5.41) is 22.4. The van der Waals surface area contributed by atoms with E-state index in [1.54, 1.807) is 12.1 Å². The highest BCUT2D eigenvalue weighted by atomic mass is 19.1. The van der Waals surface area contributed by atoms with Crippen LogP contribution in [0.1, 0.15) is 34.3 Å². The Labute approximate surface area is 166 Å². The van der Waals surface area contributed by atoms with Gasteiger partial charge in [0.15, 0.2) is 0 Å². The number of aromatic hydroxyl groups is 1. The Balaban J connectivity index is 1.98. The number of phenols is 1. The molecule has 0 spiro atoms. The van der Waals surface area contributed by atoms with Gasteiger partial charge in [-0.2, -0.15) is 5.26 Å². The van der Waals surface area contributed by atoms with Crippen molar-refractivity contribution >= 4 is 17.5 Å². The second-order valence-corrected chi connectivity index (χ2v) is 6.90. The smallest absolute Gasteiger partial charge is 0.249 e. The number of halogens is 1. The van der Waals surface area contributed by atoms with Gasteiger partial charge in [-0.05, 0) is 43.2 Å². The summed E-state index contributed by atoms with van der Waals surface area (Å²) in [7, 11) is 0. The lowest BCUT2D eigenvalue weighted by atomic mass is 9.72. The van der Waals surface area contributed by atoms with Crippen molar-refractivity contribution < 1.29 is 23.8 Å². The van der Waals surface area contributed by atoms with Crippen molar-refractivity contribution in [1.82, 2.24) is 0 Å². The number of carbonyl (C=O) groups excluding carboxylic acids is 2. The topological polar surface area (TPSA) is 125 Å². The highest BCUT2D eigenvalue weighted by Crippen LogP contribution is 2.40. The lowest BCUT2D eigenvalue weighted by Gasteiger charge is -2.34. The second kappa shape index (κ2) is 8.29. The molecule has 0 aliphatic carbocycles. The number of ether oxygens (including phenoxy) is 1. The molecule has 150 valence electrons. The number of hydrogen-bond donors (Lipinski definition) is 3. The first-order valence-electron chi connectivity index (χ1n) is 9.06. The van der Waals surface area contributed by atoms with E-state index in [9.17, 15) is 24.3 Å². The maximum absolute atomic E-state index is 13.4. The summed E-state index contributed by atoms with van der Waals surface area (Å²) in [6, 6.07) is 10.3. The lowest BCUT2D eigenvalue weighted by molar-refractivity contribution is -0.115. The molecule has 0 bridgehead atoms. The van der Waals surface area contributed by atoms with Crippen LogP contribution < -0.4 is 11.1 Å². The van der Waals surface area contributed by atoms with Crippen molar-refractivity contribution in [1.29, 1.82) is 5.26 Å². The van der Waals surface area contributed by atoms with Crippen molar-refractivity contribution in [3.8, 4) is 11.8 Å². The minimum absolute atomic E-state index is 0.121. The van der Waals surface area contributed by atoms with Gasteiger partial charge < -0.3 is 20.9 Å². The Kier molecular flexibility index (Phi) is 5.80. The number of hydrogen-bond acceptors (Lipinski definition) is 5. The van der Waals surface area contributed by atoms with Gasteiger partial charge in [0.1, 0.15) is 11.6 Å². The zero-order valence-electron chi connectivity index (χ0n) is 15.6. The molecule has 2 aromatic rings. The number of benzene rings is 2. The average molecular weight is 397 g/mol. The van der Waals surface area contributed by atoms with Gasteiger partial charge in [0.2, 0.25) is 11.8 Å². The van der Waals surface area contributed by atoms with Gasteiger partial charge in [-0.1, -0.05) is 6.07 Å². The molecule has 0 saturated carbocycles. The Morgan fingerprint density at radius 2 is 2.00 bits per heavy atom. The van der Waals surface area contributed by atoms with Gasteiger partial charge >= 0.3 is 0 Å². The molecule has 0 atom stereocenters. The number of phenolic OH excluding ortho intramolecular Hbond substituents is 1. The number of nitrogens with one attached hydrogen (secondary N) is 1. The fourth-order valence-corrected chi connectivity index (χ4v) is 3.58. The Bertz CT molecular complexity index is 994. The van der Waals surface area contributed by atoms with Crippen molar-refractivity contribution in [3.05, 3.63) is 58.9 Å². The van der Waals surface area contributed by atoms with Crippen LogP contribution in [0.2, 0.25) is 0 Å². The summed E-state index contributed by atoms with van der Waals surface area (Å²) in [6.45, 7) is 0.677. The van der Waals surface area contributed by atoms with E-state index >= 15 is 0 Å². The van der Waals surface area contributed by atoms with E-state index in [-0.39, 0.29) is 29.0 Å². The van der Waals surface area contributed by atoms with Crippen LogP contribution >= 0.6 is 0 Å². The van der Waals surface area contributed by atoms with Crippen molar-refractivity contribution in [3.63, 3.8) is 0 Å². The number of amides is 2. The molecule has 2 amide bonds. The summed E-state index contributed by atoms with van der Waals surface area (Å²) in [4.78, 5) is 24.6. The predicted octanol–water partition coefficient (Wildman–Crippen LogP) is 2.38. The van der Waals surface area contributed by atoms with Crippen LogP contribution in [-0.4, -0.2) is 30.1 Å². The Hall–Kier alpha value is -3.44. The number of carbonyl (C=O) groups is 2. The average Bonchev–Trinajstić information content (AvgIpc) is 2.71. The molecular weight excluding hydrogens is 377 g/mol. The van der Waals surface area contributed by atoms with E-state index in [1.165, 1.54) is 12.1 Å². The number of anilines is 1. The molecule has 0 radical (unpaired) electrons. The minimum atomic E-state index is -1.03. The van der Waals surface area contributed by atoms with Crippen LogP contribution in [0.25, 0.3) is 0 Å². The molecule has 3 rings (SSSR count). The van der Waals surface area contributed by atoms with Crippen molar-refractivity contribution in [2.45, 2.75) is 24.7 Å². The lowest BCUT2D eigenvalue weighted by Crippen LogP contribution is -2.36. The predicted molar refractivity (Wildman–Crippen MR) is 103 cm³/mol. The molecule has 0 aromatic heterocycles. The number of rotatable bonds is 5. The standard InChI is InChI=1S/C21H20FN3O4/c22-14-4-5-17(26)13(10-14)11-18(27)25-16-3-1-2-15(20(24)28)19(16)21(12-23)6-8-29-9-7-21/h1-5,10,26H,6-9,11H2,(H2,24,28)(H,25,27). The largest absolute Gasteiger partial charge is 0.508 e. The molecule has 1 aliphatic heterocycles. The first-order chi connectivity index (χ1) is 13.9. The Morgan fingerprint density at radius 1 is 1.28 bits per heavy atom. The number of nitrogens with two attached hydrogens (primary N) is 1. The van der Waals surface area contributed by atoms with Gasteiger partial charge in [0, 0.05) is 35.6 Å². The number of nitriles is 1. The fourth-order valence-electron chi connectivity index (χ4n) is 3.58. The first kappa shape index (κ1) is 20.3. The molecule has 29 heavy (non-hydrogen) atoms. The summed E-state index contributed by atoms with van der Waals surface area (Å²) >= 11 is 0. The van der Waals surface area contributed by atoms with E-state index in [4.69, 9.17) is 10.5 Å². The summed E-state index contributed by atoms with van der Waals surface area (Å²) in [6.07, 6.45) is 0.412. The summed E-state index contributed by atoms with van der Waals surface area (Å²) in [5.74, 6) is -2.02. The quantitative estimate of drug-likeness (QED) is 0.714. The van der Waals surface area contributed by atoms with E-state index < -0.39 is 23.0 Å². The highest BCUT2D eigenvalue weighted by Gasteiger charge is 2.39. The normalized spacial score (nSPS) is 15.3. The molecule has 2 aromatic carbocycles. The molecule has 4 N–H and O–H groups in total. The van der Waals surface area contributed by atoms with Gasteiger partial charge in [-0.15, -0.1) is 0 Å². The summed E-state index contributed by atoms with van der Waals surface area (Å²) < 4.78 is 18.8. The molecule has 1 fully saturated rings. The molecule has 0 unspecified atom stereocenters. The summed E-state index contributed by atoms with van der Waals surface area (Å²) in [5.41, 5.74) is 5.41. The fraction of sp³-hybridized carbons (Fsp3) is 0.286. The van der Waals surface area contributed by atoms with E-state index in [1.807, 2.05) is 0 Å². The van der Waals surface area contributed by atoms with Crippen molar-refractivity contribution in [2.24, 2.45) is 5.73 Å². The minimum Gasteiger partial charge on any atom is -0.508 e. The molecule has 7 nitrogen and oxygen atoms in total. The third-order valence-corrected chi connectivity index (χ3v) is 5.04. The second-order valence-electron chi connectivity index (χ2n) is 6.90.